The van der Waals surface area contributed by atoms with E-state index in [4.69, 9.17) is 9.47 Å². The number of hydrogen-bond donors (Lipinski definition) is 0. The van der Waals surface area contributed by atoms with Gasteiger partial charge >= 0.3 is 5.97 Å². The highest BCUT2D eigenvalue weighted by atomic mass is 16.7. The molecule has 0 unspecified atom stereocenters. The van der Waals surface area contributed by atoms with Crippen LogP contribution in [0, 0.1) is 0 Å². The fraction of sp³-hybridized carbons (Fsp3) is 0.778. The summed E-state index contributed by atoms with van der Waals surface area (Å²) < 4.78 is 15.1. The fourth-order valence-electron chi connectivity index (χ4n) is 1.40. The van der Waals surface area contributed by atoms with E-state index in [0.717, 1.165) is 0 Å². The zero-order chi connectivity index (χ0) is 10.8. The molecule has 1 rings (SSSR count). The van der Waals surface area contributed by atoms with Crippen LogP contribution in [0.25, 0.3) is 0 Å². The van der Waals surface area contributed by atoms with E-state index >= 15 is 0 Å². The molecule has 0 aromatic rings. The molecule has 1 aliphatic heterocycles. The van der Waals surface area contributed by atoms with Gasteiger partial charge in [0, 0.05) is 6.42 Å². The maximum Gasteiger partial charge on any atom is 0.335 e. The maximum absolute atomic E-state index is 11.2. The largest absolute Gasteiger partial charge is 0.467 e. The molecule has 80 valence electrons. The van der Waals surface area contributed by atoms with E-state index < -0.39 is 24.0 Å². The van der Waals surface area contributed by atoms with Gasteiger partial charge < -0.3 is 19.0 Å². The van der Waals surface area contributed by atoms with Gasteiger partial charge in [-0.2, -0.15) is 0 Å². The third kappa shape index (κ3) is 2.52. The first-order chi connectivity index (χ1) is 6.48. The molecule has 5 heteroatoms. The molecule has 2 atom stereocenters. The zero-order valence-electron chi connectivity index (χ0n) is 8.48. The number of hydrogen-bond acceptors (Lipinski definition) is 5. The minimum atomic E-state index is -0.928. The lowest BCUT2D eigenvalue weighted by molar-refractivity contribution is -0.289. The summed E-state index contributed by atoms with van der Waals surface area (Å²) in [7, 11) is 1.28. The Kier molecular flexibility index (Phi) is 3.23. The van der Waals surface area contributed by atoms with Gasteiger partial charge in [0.25, 0.3) is 0 Å². The lowest BCUT2D eigenvalue weighted by Gasteiger charge is -2.37. The van der Waals surface area contributed by atoms with E-state index in [-0.39, 0.29) is 6.42 Å². The SMILES string of the molecule is COC(=O)[C@H]1C[C@@H](C=O)OC(C)(C)O1. The number of aldehydes is 1. The maximum atomic E-state index is 11.2. The van der Waals surface area contributed by atoms with Gasteiger partial charge in [0.05, 0.1) is 7.11 Å². The molecule has 1 heterocycles. The van der Waals surface area contributed by atoms with Crippen LogP contribution in [0.3, 0.4) is 0 Å². The van der Waals surface area contributed by atoms with Gasteiger partial charge in [-0.1, -0.05) is 0 Å². The van der Waals surface area contributed by atoms with E-state index in [0.29, 0.717) is 6.29 Å². The van der Waals surface area contributed by atoms with Gasteiger partial charge in [-0.25, -0.2) is 4.79 Å². The van der Waals surface area contributed by atoms with Crippen molar-refractivity contribution in [3.63, 3.8) is 0 Å². The molecule has 0 aromatic heterocycles. The van der Waals surface area contributed by atoms with Crippen LogP contribution in [-0.2, 0) is 23.8 Å². The highest BCUT2D eigenvalue weighted by Gasteiger charge is 2.39. The van der Waals surface area contributed by atoms with E-state index in [1.54, 1.807) is 13.8 Å². The molecule has 14 heavy (non-hydrogen) atoms. The van der Waals surface area contributed by atoms with Crippen LogP contribution in [0.1, 0.15) is 20.3 Å². The Balaban J connectivity index is 2.70. The molecule has 0 radical (unpaired) electrons. The van der Waals surface area contributed by atoms with Gasteiger partial charge in [-0.15, -0.1) is 0 Å². The van der Waals surface area contributed by atoms with Crippen LogP contribution in [-0.4, -0.2) is 37.4 Å². The summed E-state index contributed by atoms with van der Waals surface area (Å²) >= 11 is 0. The summed E-state index contributed by atoms with van der Waals surface area (Å²) in [5.74, 6) is -1.41. The van der Waals surface area contributed by atoms with Crippen LogP contribution < -0.4 is 0 Å². The second kappa shape index (κ2) is 4.06. The quantitative estimate of drug-likeness (QED) is 0.475. The van der Waals surface area contributed by atoms with Crippen molar-refractivity contribution >= 4 is 12.3 Å². The molecular weight excluding hydrogens is 188 g/mol. The molecule has 0 bridgehead atoms. The molecule has 1 fully saturated rings. The molecule has 5 nitrogen and oxygen atoms in total. The lowest BCUT2D eigenvalue weighted by Crippen LogP contribution is -2.48. The number of ether oxygens (including phenoxy) is 3. The van der Waals surface area contributed by atoms with Gasteiger partial charge in [0.2, 0.25) is 0 Å². The minimum Gasteiger partial charge on any atom is -0.467 e. The predicted molar refractivity (Wildman–Crippen MR) is 46.5 cm³/mol. The van der Waals surface area contributed by atoms with Crippen molar-refractivity contribution in [1.82, 2.24) is 0 Å². The Labute approximate surface area is 82.3 Å². The fourth-order valence-corrected chi connectivity index (χ4v) is 1.40. The second-order valence-corrected chi connectivity index (χ2v) is 3.56. The van der Waals surface area contributed by atoms with Crippen molar-refractivity contribution in [2.75, 3.05) is 7.11 Å². The topological polar surface area (TPSA) is 61.8 Å². The van der Waals surface area contributed by atoms with Crippen molar-refractivity contribution in [2.24, 2.45) is 0 Å². The Bertz CT molecular complexity index is 235. The van der Waals surface area contributed by atoms with E-state index in [1.807, 2.05) is 0 Å². The van der Waals surface area contributed by atoms with Gasteiger partial charge in [0.1, 0.15) is 12.4 Å². The second-order valence-electron chi connectivity index (χ2n) is 3.56. The Morgan fingerprint density at radius 2 is 2.14 bits per heavy atom. The molecule has 1 saturated heterocycles. The third-order valence-electron chi connectivity index (χ3n) is 1.92. The van der Waals surface area contributed by atoms with E-state index in [9.17, 15) is 9.59 Å². The smallest absolute Gasteiger partial charge is 0.335 e. The average molecular weight is 202 g/mol. The number of rotatable bonds is 2. The Morgan fingerprint density at radius 3 is 2.64 bits per heavy atom. The summed E-state index contributed by atoms with van der Waals surface area (Å²) in [6, 6.07) is 0. The minimum absolute atomic E-state index is 0.208. The van der Waals surface area contributed by atoms with Gasteiger partial charge in [0.15, 0.2) is 11.9 Å². The molecule has 0 aromatic carbocycles. The van der Waals surface area contributed by atoms with Crippen molar-refractivity contribution in [3.8, 4) is 0 Å². The van der Waals surface area contributed by atoms with Gasteiger partial charge in [-0.05, 0) is 13.8 Å². The van der Waals surface area contributed by atoms with E-state index in [2.05, 4.69) is 4.74 Å². The van der Waals surface area contributed by atoms with Crippen LogP contribution >= 0.6 is 0 Å². The first-order valence-electron chi connectivity index (χ1n) is 4.37. The molecule has 0 amide bonds. The van der Waals surface area contributed by atoms with Crippen molar-refractivity contribution in [2.45, 2.75) is 38.3 Å². The highest BCUT2D eigenvalue weighted by molar-refractivity contribution is 5.75. The van der Waals surface area contributed by atoms with E-state index in [1.165, 1.54) is 7.11 Å². The summed E-state index contributed by atoms with van der Waals surface area (Å²) in [4.78, 5) is 21.8. The number of carbonyl (C=O) groups excluding carboxylic acids is 2. The first kappa shape index (κ1) is 11.1. The molecule has 0 saturated carbocycles. The number of carbonyl (C=O) groups is 2. The summed E-state index contributed by atoms with van der Waals surface area (Å²) in [5, 5.41) is 0. The normalized spacial score (nSPS) is 30.8. The Hall–Kier alpha value is -0.940. The third-order valence-corrected chi connectivity index (χ3v) is 1.92. The Morgan fingerprint density at radius 1 is 1.50 bits per heavy atom. The van der Waals surface area contributed by atoms with Crippen LogP contribution in [0.15, 0.2) is 0 Å². The number of methoxy groups -OCH3 is 1. The van der Waals surface area contributed by atoms with Gasteiger partial charge in [-0.3, -0.25) is 0 Å². The molecular formula is C9H14O5. The summed E-state index contributed by atoms with van der Waals surface area (Å²) in [5.41, 5.74) is 0. The molecule has 1 aliphatic rings. The molecule has 0 spiro atoms. The van der Waals surface area contributed by atoms with Crippen molar-refractivity contribution in [1.29, 1.82) is 0 Å². The molecule has 0 aliphatic carbocycles. The van der Waals surface area contributed by atoms with Crippen LogP contribution in [0.4, 0.5) is 0 Å². The average Bonchev–Trinajstić information content (AvgIpc) is 2.14. The first-order valence-corrected chi connectivity index (χ1v) is 4.37. The van der Waals surface area contributed by atoms with Crippen LogP contribution in [0.5, 0.6) is 0 Å². The summed E-state index contributed by atoms with van der Waals surface area (Å²) in [6.45, 7) is 3.30. The summed E-state index contributed by atoms with van der Waals surface area (Å²) in [6.07, 6.45) is -0.457. The molecule has 0 N–H and O–H groups in total. The highest BCUT2D eigenvalue weighted by Crippen LogP contribution is 2.26. The lowest BCUT2D eigenvalue weighted by atomic mass is 10.1. The monoisotopic (exact) mass is 202 g/mol. The zero-order valence-corrected chi connectivity index (χ0v) is 8.48. The van der Waals surface area contributed by atoms with Crippen LogP contribution in [0.2, 0.25) is 0 Å². The predicted octanol–water partition coefficient (Wildman–Crippen LogP) is 0.268. The number of esters is 1. The van der Waals surface area contributed by atoms with Crippen molar-refractivity contribution in [3.05, 3.63) is 0 Å². The van der Waals surface area contributed by atoms with Crippen molar-refractivity contribution < 1.29 is 23.8 Å². The standard InChI is InChI=1S/C9H14O5/c1-9(2)13-6(5-10)4-7(14-9)8(11)12-3/h5-7H,4H2,1-3H3/t6-,7+/m0/s1.